The van der Waals surface area contributed by atoms with Gasteiger partial charge in [0.15, 0.2) is 0 Å². The smallest absolute Gasteiger partial charge is 0.324 e. The van der Waals surface area contributed by atoms with Gasteiger partial charge in [0.05, 0.1) is 24.8 Å². The zero-order valence-corrected chi connectivity index (χ0v) is 15.0. The summed E-state index contributed by atoms with van der Waals surface area (Å²) in [5.41, 5.74) is 0.0548. The summed E-state index contributed by atoms with van der Waals surface area (Å²) < 4.78 is 37.0. The Morgan fingerprint density at radius 2 is 1.76 bits per heavy atom. The summed E-state index contributed by atoms with van der Waals surface area (Å²) in [5.74, 6) is -0.764. The largest absolute Gasteiger partial charge is 0.497 e. The molecule has 1 N–H and O–H groups in total. The molecule has 0 atom stereocenters. The van der Waals surface area contributed by atoms with Gasteiger partial charge in [-0.05, 0) is 36.4 Å². The van der Waals surface area contributed by atoms with Crippen molar-refractivity contribution in [2.24, 2.45) is 0 Å². The Balaban J connectivity index is 2.64. The van der Waals surface area contributed by atoms with Crippen molar-refractivity contribution in [3.63, 3.8) is 0 Å². The first-order valence-corrected chi connectivity index (χ1v) is 8.83. The lowest BCUT2D eigenvalue weighted by Crippen LogP contribution is -2.36. The lowest BCUT2D eigenvalue weighted by molar-refractivity contribution is -0.135. The van der Waals surface area contributed by atoms with Crippen molar-refractivity contribution in [2.45, 2.75) is 4.90 Å². The highest BCUT2D eigenvalue weighted by atomic mass is 35.5. The number of benzene rings is 2. The average Bonchev–Trinajstić information content (AvgIpc) is 2.59. The second-order valence-corrected chi connectivity index (χ2v) is 7.20. The second kappa shape index (κ2) is 7.62. The minimum atomic E-state index is -4.17. The number of halogens is 1. The number of carboxylic acid groups (broad SMARTS) is 1. The summed E-state index contributed by atoms with van der Waals surface area (Å²) in [6.45, 7) is -0.783. The van der Waals surface area contributed by atoms with E-state index in [2.05, 4.69) is 0 Å². The molecule has 0 aliphatic rings. The van der Waals surface area contributed by atoms with Crippen LogP contribution >= 0.6 is 11.6 Å². The van der Waals surface area contributed by atoms with Gasteiger partial charge in [0, 0.05) is 11.1 Å². The van der Waals surface area contributed by atoms with Crippen molar-refractivity contribution in [1.82, 2.24) is 0 Å². The van der Waals surface area contributed by atoms with E-state index in [0.717, 1.165) is 4.31 Å². The highest BCUT2D eigenvalue weighted by Crippen LogP contribution is 2.35. The summed E-state index contributed by atoms with van der Waals surface area (Å²) >= 11 is 5.79. The van der Waals surface area contributed by atoms with Crippen LogP contribution in [0.5, 0.6) is 11.5 Å². The molecule has 0 fully saturated rings. The van der Waals surface area contributed by atoms with E-state index in [4.69, 9.17) is 21.1 Å². The summed E-state index contributed by atoms with van der Waals surface area (Å²) in [4.78, 5) is 11.2. The molecule has 0 aliphatic carbocycles. The zero-order chi connectivity index (χ0) is 18.6. The lowest BCUT2D eigenvalue weighted by Gasteiger charge is -2.25. The SMILES string of the molecule is COc1ccc(OC)c(N(CC(=O)O)S(=O)(=O)c2ccc(Cl)cc2)c1. The minimum Gasteiger partial charge on any atom is -0.497 e. The van der Waals surface area contributed by atoms with Gasteiger partial charge in [0.2, 0.25) is 0 Å². The second-order valence-electron chi connectivity index (χ2n) is 4.90. The molecule has 0 heterocycles. The summed E-state index contributed by atoms with van der Waals surface area (Å²) in [6.07, 6.45) is 0. The van der Waals surface area contributed by atoms with Crippen molar-refractivity contribution < 1.29 is 27.8 Å². The predicted octanol–water partition coefficient (Wildman–Crippen LogP) is 2.64. The van der Waals surface area contributed by atoms with Crippen LogP contribution in [0.1, 0.15) is 0 Å². The number of hydrogen-bond acceptors (Lipinski definition) is 5. The van der Waals surface area contributed by atoms with Crippen molar-refractivity contribution in [1.29, 1.82) is 0 Å². The molecule has 0 saturated heterocycles. The fourth-order valence-corrected chi connectivity index (χ4v) is 3.69. The van der Waals surface area contributed by atoms with E-state index < -0.39 is 22.5 Å². The lowest BCUT2D eigenvalue weighted by atomic mass is 10.2. The Kier molecular flexibility index (Phi) is 5.76. The first-order chi connectivity index (χ1) is 11.8. The van der Waals surface area contributed by atoms with E-state index >= 15 is 0 Å². The highest BCUT2D eigenvalue weighted by Gasteiger charge is 2.29. The molecular formula is C16H16ClNO6S. The van der Waals surface area contributed by atoms with Crippen LogP contribution in [-0.4, -0.2) is 40.3 Å². The number of nitrogens with zero attached hydrogens (tertiary/aromatic N) is 1. The molecule has 0 amide bonds. The molecule has 2 aromatic rings. The number of hydrogen-bond donors (Lipinski definition) is 1. The zero-order valence-electron chi connectivity index (χ0n) is 13.5. The van der Waals surface area contributed by atoms with E-state index in [1.165, 1.54) is 50.6 Å². The Labute approximate surface area is 150 Å². The molecule has 0 unspecified atom stereocenters. The van der Waals surface area contributed by atoms with Gasteiger partial charge in [-0.2, -0.15) is 0 Å². The molecule has 134 valence electrons. The number of aliphatic carboxylic acids is 1. The van der Waals surface area contributed by atoms with E-state index in [1.54, 1.807) is 6.07 Å². The van der Waals surface area contributed by atoms with Crippen LogP contribution in [0.3, 0.4) is 0 Å². The molecule has 2 rings (SSSR count). The molecule has 0 bridgehead atoms. The first-order valence-electron chi connectivity index (χ1n) is 7.01. The van der Waals surface area contributed by atoms with Crippen LogP contribution in [0, 0.1) is 0 Å². The number of ether oxygens (including phenoxy) is 2. The average molecular weight is 386 g/mol. The molecule has 0 aromatic heterocycles. The molecular weight excluding hydrogens is 370 g/mol. The summed E-state index contributed by atoms with van der Waals surface area (Å²) in [5, 5.41) is 9.55. The van der Waals surface area contributed by atoms with E-state index in [0.29, 0.717) is 10.8 Å². The number of rotatable bonds is 7. The predicted molar refractivity (Wildman–Crippen MR) is 93.2 cm³/mol. The van der Waals surface area contributed by atoms with Crippen molar-refractivity contribution in [3.05, 3.63) is 47.5 Å². The Hall–Kier alpha value is -2.45. The number of methoxy groups -OCH3 is 2. The normalized spacial score (nSPS) is 11.0. The number of anilines is 1. The van der Waals surface area contributed by atoms with Crippen LogP contribution in [0.2, 0.25) is 5.02 Å². The third-order valence-electron chi connectivity index (χ3n) is 3.34. The number of carboxylic acids is 1. The molecule has 0 radical (unpaired) electrons. The molecule has 9 heteroatoms. The maximum atomic E-state index is 13.0. The van der Waals surface area contributed by atoms with E-state index in [1.807, 2.05) is 0 Å². The van der Waals surface area contributed by atoms with Gasteiger partial charge in [0.25, 0.3) is 10.0 Å². The van der Waals surface area contributed by atoms with Crippen LogP contribution in [0.25, 0.3) is 0 Å². The van der Waals surface area contributed by atoms with Crippen LogP contribution < -0.4 is 13.8 Å². The topological polar surface area (TPSA) is 93.1 Å². The number of sulfonamides is 1. The summed E-state index contributed by atoms with van der Waals surface area (Å²) in [6, 6.07) is 9.91. The third-order valence-corrected chi connectivity index (χ3v) is 5.36. The van der Waals surface area contributed by atoms with Gasteiger partial charge in [0.1, 0.15) is 18.0 Å². The van der Waals surface area contributed by atoms with Gasteiger partial charge in [-0.15, -0.1) is 0 Å². The monoisotopic (exact) mass is 385 g/mol. The van der Waals surface area contributed by atoms with Gasteiger partial charge in [-0.1, -0.05) is 11.6 Å². The molecule has 7 nitrogen and oxygen atoms in total. The molecule has 0 aliphatic heterocycles. The Morgan fingerprint density at radius 3 is 2.28 bits per heavy atom. The standard InChI is InChI=1S/C16H16ClNO6S/c1-23-12-5-8-15(24-2)14(9-12)18(10-16(19)20)25(21,22)13-6-3-11(17)4-7-13/h3-9H,10H2,1-2H3,(H,19,20). The van der Waals surface area contributed by atoms with Crippen molar-refractivity contribution in [3.8, 4) is 11.5 Å². The van der Waals surface area contributed by atoms with Gasteiger partial charge in [-0.3, -0.25) is 9.10 Å². The molecule has 25 heavy (non-hydrogen) atoms. The highest BCUT2D eigenvalue weighted by molar-refractivity contribution is 7.92. The minimum absolute atomic E-state index is 0.0548. The van der Waals surface area contributed by atoms with Crippen LogP contribution in [-0.2, 0) is 14.8 Å². The number of carbonyl (C=O) groups is 1. The van der Waals surface area contributed by atoms with Crippen LogP contribution in [0.15, 0.2) is 47.4 Å². The molecule has 2 aromatic carbocycles. The fraction of sp³-hybridized carbons (Fsp3) is 0.188. The third kappa shape index (κ3) is 4.15. The van der Waals surface area contributed by atoms with E-state index in [9.17, 15) is 18.3 Å². The Bertz CT molecular complexity index is 867. The van der Waals surface area contributed by atoms with Crippen LogP contribution in [0.4, 0.5) is 5.69 Å². The first kappa shape index (κ1) is 18.9. The van der Waals surface area contributed by atoms with E-state index in [-0.39, 0.29) is 16.3 Å². The van der Waals surface area contributed by atoms with Gasteiger partial charge >= 0.3 is 5.97 Å². The maximum absolute atomic E-state index is 13.0. The van der Waals surface area contributed by atoms with Crippen molar-refractivity contribution in [2.75, 3.05) is 25.1 Å². The quantitative estimate of drug-likeness (QED) is 0.787. The molecule has 0 spiro atoms. The molecule has 0 saturated carbocycles. The Morgan fingerprint density at radius 1 is 1.12 bits per heavy atom. The van der Waals surface area contributed by atoms with Crippen molar-refractivity contribution >= 4 is 33.3 Å². The van der Waals surface area contributed by atoms with Gasteiger partial charge in [-0.25, -0.2) is 8.42 Å². The van der Waals surface area contributed by atoms with Gasteiger partial charge < -0.3 is 14.6 Å². The fourth-order valence-electron chi connectivity index (χ4n) is 2.15. The summed E-state index contributed by atoms with van der Waals surface area (Å²) in [7, 11) is -1.39. The maximum Gasteiger partial charge on any atom is 0.324 e.